The van der Waals surface area contributed by atoms with Crippen LogP contribution in [-0.4, -0.2) is 5.78 Å². The Morgan fingerprint density at radius 2 is 1.27 bits per heavy atom. The summed E-state index contributed by atoms with van der Waals surface area (Å²) in [4.78, 5) is 12.2. The summed E-state index contributed by atoms with van der Waals surface area (Å²) in [7, 11) is 0. The molecule has 0 heterocycles. The molecule has 0 atom stereocenters. The third kappa shape index (κ3) is 1.94. The van der Waals surface area contributed by atoms with Crippen LogP contribution in [0.4, 0.5) is 0 Å². The molecule has 0 N–H and O–H groups in total. The van der Waals surface area contributed by atoms with Crippen molar-refractivity contribution in [1.29, 1.82) is 0 Å². The van der Waals surface area contributed by atoms with Crippen LogP contribution in [0.3, 0.4) is 0 Å². The van der Waals surface area contributed by atoms with E-state index >= 15 is 0 Å². The summed E-state index contributed by atoms with van der Waals surface area (Å²) < 4.78 is 0. The van der Waals surface area contributed by atoms with Crippen molar-refractivity contribution in [2.24, 2.45) is 0 Å². The van der Waals surface area contributed by atoms with E-state index in [9.17, 15) is 4.79 Å². The minimum absolute atomic E-state index is 0.176. The van der Waals surface area contributed by atoms with Crippen LogP contribution in [0.25, 0.3) is 5.57 Å². The SMILES string of the molecule is O=C1C=C2C(=CC1)C(c1ccccc1)(c1ccccc1)c1ccccc12. The average molecular weight is 334 g/mol. The Morgan fingerprint density at radius 1 is 0.692 bits per heavy atom. The van der Waals surface area contributed by atoms with Gasteiger partial charge in [-0.2, -0.15) is 0 Å². The van der Waals surface area contributed by atoms with Crippen LogP contribution in [0.15, 0.2) is 103 Å². The number of ketones is 1. The van der Waals surface area contributed by atoms with Gasteiger partial charge >= 0.3 is 0 Å². The summed E-state index contributed by atoms with van der Waals surface area (Å²) in [5.41, 5.74) is 6.83. The second-order valence-corrected chi connectivity index (χ2v) is 6.87. The van der Waals surface area contributed by atoms with Crippen molar-refractivity contribution in [2.45, 2.75) is 11.8 Å². The standard InChI is InChI=1S/C25H18O/c26-20-15-16-24-22(17-20)21-13-7-8-14-23(21)25(24,18-9-3-1-4-10-18)19-11-5-2-6-12-19/h1-14,16-17H,15H2. The van der Waals surface area contributed by atoms with Gasteiger partial charge in [-0.1, -0.05) is 91.0 Å². The minimum atomic E-state index is -0.369. The fourth-order valence-corrected chi connectivity index (χ4v) is 4.54. The van der Waals surface area contributed by atoms with Gasteiger partial charge in [0.05, 0.1) is 5.41 Å². The zero-order valence-corrected chi connectivity index (χ0v) is 14.4. The maximum Gasteiger partial charge on any atom is 0.160 e. The molecular weight excluding hydrogens is 316 g/mol. The largest absolute Gasteiger partial charge is 0.294 e. The molecule has 0 radical (unpaired) electrons. The van der Waals surface area contributed by atoms with Crippen molar-refractivity contribution in [3.05, 3.63) is 125 Å². The normalized spacial score (nSPS) is 17.2. The van der Waals surface area contributed by atoms with E-state index in [4.69, 9.17) is 0 Å². The summed E-state index contributed by atoms with van der Waals surface area (Å²) in [6, 6.07) is 29.8. The van der Waals surface area contributed by atoms with Gasteiger partial charge in [0.15, 0.2) is 5.78 Å². The van der Waals surface area contributed by atoms with E-state index in [1.54, 1.807) is 0 Å². The smallest absolute Gasteiger partial charge is 0.160 e. The van der Waals surface area contributed by atoms with Crippen molar-refractivity contribution < 1.29 is 4.79 Å². The van der Waals surface area contributed by atoms with Gasteiger partial charge in [0.25, 0.3) is 0 Å². The third-order valence-corrected chi connectivity index (χ3v) is 5.54. The molecule has 0 spiro atoms. The van der Waals surface area contributed by atoms with Crippen molar-refractivity contribution in [3.63, 3.8) is 0 Å². The molecule has 3 aromatic rings. The summed E-state index contributed by atoms with van der Waals surface area (Å²) >= 11 is 0. The number of hydrogen-bond donors (Lipinski definition) is 0. The molecule has 0 aliphatic heterocycles. The number of carbonyl (C=O) groups is 1. The molecule has 3 aromatic carbocycles. The van der Waals surface area contributed by atoms with Gasteiger partial charge in [-0.15, -0.1) is 0 Å². The molecular formula is C25H18O. The first-order valence-electron chi connectivity index (χ1n) is 8.98. The first kappa shape index (κ1) is 15.1. The molecule has 26 heavy (non-hydrogen) atoms. The Bertz CT molecular complexity index is 1020. The van der Waals surface area contributed by atoms with Gasteiger partial charge in [0, 0.05) is 6.42 Å². The van der Waals surface area contributed by atoms with Crippen molar-refractivity contribution >= 4 is 11.4 Å². The number of benzene rings is 3. The zero-order valence-electron chi connectivity index (χ0n) is 14.4. The second kappa shape index (κ2) is 5.67. The average Bonchev–Trinajstić information content (AvgIpc) is 3.00. The lowest BCUT2D eigenvalue weighted by molar-refractivity contribution is -0.113. The molecule has 0 fully saturated rings. The van der Waals surface area contributed by atoms with E-state index in [0.717, 1.165) is 5.57 Å². The monoisotopic (exact) mass is 334 g/mol. The molecule has 0 unspecified atom stereocenters. The molecule has 0 aromatic heterocycles. The second-order valence-electron chi connectivity index (χ2n) is 6.87. The van der Waals surface area contributed by atoms with Crippen LogP contribution in [-0.2, 0) is 10.2 Å². The van der Waals surface area contributed by atoms with Gasteiger partial charge in [-0.3, -0.25) is 4.79 Å². The molecule has 1 nitrogen and oxygen atoms in total. The summed E-state index contributed by atoms with van der Waals surface area (Å²) in [5.74, 6) is 0.176. The van der Waals surface area contributed by atoms with Crippen LogP contribution in [0.2, 0.25) is 0 Å². The highest BCUT2D eigenvalue weighted by Crippen LogP contribution is 2.57. The first-order chi connectivity index (χ1) is 12.8. The number of fused-ring (bicyclic) bond motifs is 3. The van der Waals surface area contributed by atoms with Gasteiger partial charge in [0.1, 0.15) is 0 Å². The Hall–Kier alpha value is -3.19. The fraction of sp³-hybridized carbons (Fsp3) is 0.0800. The molecule has 0 saturated heterocycles. The lowest BCUT2D eigenvalue weighted by Gasteiger charge is -2.34. The highest BCUT2D eigenvalue weighted by atomic mass is 16.1. The Morgan fingerprint density at radius 3 is 1.92 bits per heavy atom. The number of allylic oxidation sites excluding steroid dienone is 4. The van der Waals surface area contributed by atoms with E-state index in [0.29, 0.717) is 6.42 Å². The zero-order chi connectivity index (χ0) is 17.6. The van der Waals surface area contributed by atoms with E-state index in [1.165, 1.54) is 27.8 Å². The summed E-state index contributed by atoms with van der Waals surface area (Å²) in [6.07, 6.45) is 4.44. The molecule has 1 heteroatoms. The summed E-state index contributed by atoms with van der Waals surface area (Å²) in [5, 5.41) is 0. The maximum atomic E-state index is 12.2. The van der Waals surface area contributed by atoms with E-state index in [1.807, 2.05) is 6.08 Å². The van der Waals surface area contributed by atoms with Gasteiger partial charge in [-0.25, -0.2) is 0 Å². The Balaban J connectivity index is 1.94. The highest BCUT2D eigenvalue weighted by molar-refractivity contribution is 6.08. The Labute approximate surface area is 153 Å². The van der Waals surface area contributed by atoms with E-state index in [-0.39, 0.29) is 11.2 Å². The molecule has 0 bridgehead atoms. The molecule has 2 aliphatic carbocycles. The minimum Gasteiger partial charge on any atom is -0.294 e. The van der Waals surface area contributed by atoms with Crippen LogP contribution in [0.1, 0.15) is 28.7 Å². The van der Waals surface area contributed by atoms with Gasteiger partial charge < -0.3 is 0 Å². The number of hydrogen-bond acceptors (Lipinski definition) is 1. The molecule has 0 amide bonds. The van der Waals surface area contributed by atoms with E-state index < -0.39 is 0 Å². The topological polar surface area (TPSA) is 17.1 Å². The van der Waals surface area contributed by atoms with Crippen LogP contribution < -0.4 is 0 Å². The lowest BCUT2D eigenvalue weighted by atomic mass is 9.67. The molecule has 5 rings (SSSR count). The van der Waals surface area contributed by atoms with E-state index in [2.05, 4.69) is 91.0 Å². The molecule has 2 aliphatic rings. The fourth-order valence-electron chi connectivity index (χ4n) is 4.54. The molecule has 0 saturated carbocycles. The highest BCUT2D eigenvalue weighted by Gasteiger charge is 2.48. The van der Waals surface area contributed by atoms with Gasteiger partial charge in [0.2, 0.25) is 0 Å². The van der Waals surface area contributed by atoms with Gasteiger partial charge in [-0.05, 0) is 39.5 Å². The molecule has 124 valence electrons. The van der Waals surface area contributed by atoms with Crippen molar-refractivity contribution in [2.75, 3.05) is 0 Å². The first-order valence-corrected chi connectivity index (χ1v) is 8.98. The summed E-state index contributed by atoms with van der Waals surface area (Å²) in [6.45, 7) is 0. The van der Waals surface area contributed by atoms with Crippen LogP contribution in [0.5, 0.6) is 0 Å². The van der Waals surface area contributed by atoms with Crippen LogP contribution in [0, 0.1) is 0 Å². The predicted octanol–water partition coefficient (Wildman–Crippen LogP) is 5.32. The predicted molar refractivity (Wildman–Crippen MR) is 105 cm³/mol. The Kier molecular flexibility index (Phi) is 3.29. The number of rotatable bonds is 2. The number of carbonyl (C=O) groups excluding carboxylic acids is 1. The van der Waals surface area contributed by atoms with Crippen molar-refractivity contribution in [3.8, 4) is 0 Å². The van der Waals surface area contributed by atoms with Crippen molar-refractivity contribution in [1.82, 2.24) is 0 Å². The quantitative estimate of drug-likeness (QED) is 0.620. The maximum absolute atomic E-state index is 12.2. The lowest BCUT2D eigenvalue weighted by Crippen LogP contribution is -2.29. The third-order valence-electron chi connectivity index (χ3n) is 5.54. The van der Waals surface area contributed by atoms with Crippen LogP contribution >= 0.6 is 0 Å².